The minimum atomic E-state index is 0.0266. The van der Waals surface area contributed by atoms with Crippen molar-refractivity contribution in [1.82, 2.24) is 5.32 Å². The van der Waals surface area contributed by atoms with Crippen molar-refractivity contribution in [2.75, 3.05) is 19.7 Å². The molecule has 0 rings (SSSR count). The average Bonchev–Trinajstić information content (AvgIpc) is 2.13. The number of nitrogens with one attached hydrogen (secondary N) is 1. The summed E-state index contributed by atoms with van der Waals surface area (Å²) in [5.41, 5.74) is 0.0266. The van der Waals surface area contributed by atoms with E-state index in [4.69, 9.17) is 4.74 Å². The van der Waals surface area contributed by atoms with Gasteiger partial charge in [-0.2, -0.15) is 0 Å². The minimum absolute atomic E-state index is 0.0266. The lowest BCUT2D eigenvalue weighted by atomic mass is 10.1. The van der Waals surface area contributed by atoms with E-state index < -0.39 is 0 Å². The van der Waals surface area contributed by atoms with Crippen LogP contribution in [-0.2, 0) is 4.74 Å². The quantitative estimate of drug-likeness (QED) is 0.610. The van der Waals surface area contributed by atoms with E-state index in [0.29, 0.717) is 0 Å². The Hall–Kier alpha value is -0.0800. The van der Waals surface area contributed by atoms with Gasteiger partial charge in [0.2, 0.25) is 0 Å². The Labute approximate surface area is 102 Å². The molecule has 0 aromatic carbocycles. The first kappa shape index (κ1) is 15.9. The lowest BCUT2D eigenvalue weighted by Crippen LogP contribution is -2.21. The van der Waals surface area contributed by atoms with Crippen LogP contribution in [0.3, 0.4) is 0 Å². The lowest BCUT2D eigenvalue weighted by Gasteiger charge is -2.19. The SMILES string of the molecule is CC(C)CNCCCCCCOC(C)(C)C. The maximum absolute atomic E-state index is 5.67. The monoisotopic (exact) mass is 229 g/mol. The molecule has 16 heavy (non-hydrogen) atoms. The number of rotatable bonds is 9. The molecule has 0 saturated carbocycles. The molecule has 0 aliphatic carbocycles. The predicted octanol–water partition coefficient (Wildman–Crippen LogP) is 3.61. The van der Waals surface area contributed by atoms with Crippen molar-refractivity contribution in [3.63, 3.8) is 0 Å². The van der Waals surface area contributed by atoms with E-state index in [1.165, 1.54) is 25.7 Å². The van der Waals surface area contributed by atoms with Gasteiger partial charge in [0.1, 0.15) is 0 Å². The Balaban J connectivity index is 3.05. The molecule has 0 aromatic heterocycles. The van der Waals surface area contributed by atoms with Crippen molar-refractivity contribution in [3.8, 4) is 0 Å². The highest BCUT2D eigenvalue weighted by molar-refractivity contribution is 4.58. The second-order valence-electron chi connectivity index (χ2n) is 5.97. The van der Waals surface area contributed by atoms with Gasteiger partial charge in [0, 0.05) is 6.61 Å². The first-order valence-electron chi connectivity index (χ1n) is 6.76. The minimum Gasteiger partial charge on any atom is -0.376 e. The molecule has 0 atom stereocenters. The van der Waals surface area contributed by atoms with Crippen LogP contribution in [0.25, 0.3) is 0 Å². The van der Waals surface area contributed by atoms with E-state index in [1.54, 1.807) is 0 Å². The van der Waals surface area contributed by atoms with Crippen LogP contribution in [0.1, 0.15) is 60.3 Å². The third-order valence-electron chi connectivity index (χ3n) is 2.34. The van der Waals surface area contributed by atoms with Gasteiger partial charge in [-0.25, -0.2) is 0 Å². The third-order valence-corrected chi connectivity index (χ3v) is 2.34. The highest BCUT2D eigenvalue weighted by atomic mass is 16.5. The summed E-state index contributed by atoms with van der Waals surface area (Å²) in [6.07, 6.45) is 5.10. The Morgan fingerprint density at radius 2 is 1.62 bits per heavy atom. The van der Waals surface area contributed by atoms with Crippen molar-refractivity contribution in [2.24, 2.45) is 5.92 Å². The molecule has 0 aromatic rings. The fourth-order valence-corrected chi connectivity index (χ4v) is 1.47. The van der Waals surface area contributed by atoms with E-state index in [2.05, 4.69) is 39.9 Å². The molecular formula is C14H31NO. The molecule has 0 fully saturated rings. The van der Waals surface area contributed by atoms with Gasteiger partial charge in [-0.15, -0.1) is 0 Å². The van der Waals surface area contributed by atoms with Crippen molar-refractivity contribution in [2.45, 2.75) is 65.9 Å². The number of hydrogen-bond donors (Lipinski definition) is 1. The van der Waals surface area contributed by atoms with Crippen LogP contribution in [0.5, 0.6) is 0 Å². The van der Waals surface area contributed by atoms with Crippen molar-refractivity contribution >= 4 is 0 Å². The van der Waals surface area contributed by atoms with E-state index in [9.17, 15) is 0 Å². The van der Waals surface area contributed by atoms with Crippen LogP contribution in [0.15, 0.2) is 0 Å². The number of ether oxygens (including phenoxy) is 1. The molecule has 0 aliphatic rings. The average molecular weight is 229 g/mol. The van der Waals surface area contributed by atoms with Gasteiger partial charge in [-0.1, -0.05) is 26.7 Å². The standard InChI is InChI=1S/C14H31NO/c1-13(2)12-15-10-8-6-7-9-11-16-14(3,4)5/h13,15H,6-12H2,1-5H3. The summed E-state index contributed by atoms with van der Waals surface area (Å²) in [5.74, 6) is 0.764. The summed E-state index contributed by atoms with van der Waals surface area (Å²) in [4.78, 5) is 0. The Morgan fingerprint density at radius 1 is 1.00 bits per heavy atom. The molecule has 0 amide bonds. The maximum Gasteiger partial charge on any atom is 0.0598 e. The molecule has 2 heteroatoms. The van der Waals surface area contributed by atoms with E-state index >= 15 is 0 Å². The van der Waals surface area contributed by atoms with Gasteiger partial charge in [-0.3, -0.25) is 0 Å². The van der Waals surface area contributed by atoms with Crippen LogP contribution in [0.2, 0.25) is 0 Å². The van der Waals surface area contributed by atoms with E-state index in [-0.39, 0.29) is 5.60 Å². The fraction of sp³-hybridized carbons (Fsp3) is 1.00. The van der Waals surface area contributed by atoms with Gasteiger partial charge in [-0.05, 0) is 52.6 Å². The van der Waals surface area contributed by atoms with E-state index in [1.807, 2.05) is 0 Å². The Kier molecular flexibility index (Phi) is 8.96. The summed E-state index contributed by atoms with van der Waals surface area (Å²) in [7, 11) is 0. The summed E-state index contributed by atoms with van der Waals surface area (Å²) < 4.78 is 5.67. The topological polar surface area (TPSA) is 21.3 Å². The molecule has 0 spiro atoms. The first-order chi connectivity index (χ1) is 7.42. The molecule has 2 nitrogen and oxygen atoms in total. The zero-order valence-corrected chi connectivity index (χ0v) is 11.9. The highest BCUT2D eigenvalue weighted by Crippen LogP contribution is 2.08. The van der Waals surface area contributed by atoms with Crippen LogP contribution in [-0.4, -0.2) is 25.3 Å². The van der Waals surface area contributed by atoms with Crippen molar-refractivity contribution < 1.29 is 4.74 Å². The van der Waals surface area contributed by atoms with Gasteiger partial charge in [0.25, 0.3) is 0 Å². The zero-order chi connectivity index (χ0) is 12.4. The summed E-state index contributed by atoms with van der Waals surface area (Å²) in [6.45, 7) is 14.1. The molecule has 0 heterocycles. The van der Waals surface area contributed by atoms with Crippen LogP contribution >= 0.6 is 0 Å². The third kappa shape index (κ3) is 13.9. The molecule has 98 valence electrons. The van der Waals surface area contributed by atoms with Crippen LogP contribution in [0, 0.1) is 5.92 Å². The maximum atomic E-state index is 5.67. The van der Waals surface area contributed by atoms with Crippen molar-refractivity contribution in [1.29, 1.82) is 0 Å². The molecule has 0 bridgehead atoms. The molecule has 0 radical (unpaired) electrons. The Morgan fingerprint density at radius 3 is 2.19 bits per heavy atom. The number of unbranched alkanes of at least 4 members (excludes halogenated alkanes) is 3. The molecule has 0 saturated heterocycles. The zero-order valence-electron chi connectivity index (χ0n) is 11.9. The molecule has 1 N–H and O–H groups in total. The van der Waals surface area contributed by atoms with Gasteiger partial charge in [0.15, 0.2) is 0 Å². The van der Waals surface area contributed by atoms with Gasteiger partial charge >= 0.3 is 0 Å². The van der Waals surface area contributed by atoms with Gasteiger partial charge in [0.05, 0.1) is 5.60 Å². The van der Waals surface area contributed by atoms with Crippen molar-refractivity contribution in [3.05, 3.63) is 0 Å². The molecule has 0 aliphatic heterocycles. The summed E-state index contributed by atoms with van der Waals surface area (Å²) in [6, 6.07) is 0. The fourth-order valence-electron chi connectivity index (χ4n) is 1.47. The normalized spacial score (nSPS) is 12.4. The first-order valence-corrected chi connectivity index (χ1v) is 6.76. The summed E-state index contributed by atoms with van der Waals surface area (Å²) in [5, 5.41) is 3.47. The van der Waals surface area contributed by atoms with Gasteiger partial charge < -0.3 is 10.1 Å². The lowest BCUT2D eigenvalue weighted by molar-refractivity contribution is -0.00473. The van der Waals surface area contributed by atoms with E-state index in [0.717, 1.165) is 25.6 Å². The number of hydrogen-bond acceptors (Lipinski definition) is 2. The molecular weight excluding hydrogens is 198 g/mol. The predicted molar refractivity (Wildman–Crippen MR) is 71.9 cm³/mol. The highest BCUT2D eigenvalue weighted by Gasteiger charge is 2.08. The van der Waals surface area contributed by atoms with Crippen LogP contribution in [0.4, 0.5) is 0 Å². The second kappa shape index (κ2) is 9.00. The largest absolute Gasteiger partial charge is 0.376 e. The van der Waals surface area contributed by atoms with Crippen LogP contribution < -0.4 is 5.32 Å². The second-order valence-corrected chi connectivity index (χ2v) is 5.97. The smallest absolute Gasteiger partial charge is 0.0598 e. The Bertz CT molecular complexity index is 149. The molecule has 0 unspecified atom stereocenters. The summed E-state index contributed by atoms with van der Waals surface area (Å²) >= 11 is 0.